The Balaban J connectivity index is 0.000000124. The van der Waals surface area contributed by atoms with Gasteiger partial charge < -0.3 is 18.7 Å². The molecule has 14 aromatic carbocycles. The third-order valence-electron chi connectivity index (χ3n) is 19.2. The fourth-order valence-corrected chi connectivity index (χ4v) is 14.2. The smallest absolute Gasteiger partial charge is 0.164 e. The zero-order chi connectivity index (χ0) is 70.0. The maximum absolute atomic E-state index is 6.01. The molecule has 0 aliphatic rings. The Hall–Kier alpha value is -13.9. The second-order valence-electron chi connectivity index (χ2n) is 25.7. The number of aromatic nitrogens is 10. The van der Waals surface area contributed by atoms with Crippen LogP contribution in [0.5, 0.6) is 0 Å². The minimum absolute atomic E-state index is 0.647. The zero-order valence-corrected chi connectivity index (χ0v) is 57.5. The summed E-state index contributed by atoms with van der Waals surface area (Å²) in [5.41, 5.74) is 20.9. The standard InChI is InChI=1S/C47H31N5.C27H18ClN3.C20H14N2/c1-4-12-34(13-5-1)45-48-46(35-14-6-2-7-15-35)50-47(49-45)36-22-20-32(21-23-36)33-24-26-38(27-25-33)52-43-19-11-10-18-39(43)40-28-29-42-41(44(40)52)30-31-51(42)37-16-8-3-9-17-37;28-24-17-15-20(16-18-24)19-11-13-23(14-12-19)27-30-25(21-7-3-1-4-8-21)29-26(31-27)22-9-5-2-6-10-22;1-2-6-14(7-3-1)22-13-12-17-19(22)11-10-16-15-8-4-5-9-18(15)21-20(16)17/h1-31H;1-18H;1-13,21H. The Morgan fingerprint density at radius 2 is 0.552 bits per heavy atom. The van der Waals surface area contributed by atoms with Gasteiger partial charge in [0.2, 0.25) is 0 Å². The van der Waals surface area contributed by atoms with Crippen molar-refractivity contribution in [1.82, 2.24) is 48.6 Å². The molecule has 0 saturated heterocycles. The number of hydrogen-bond acceptors (Lipinski definition) is 6. The van der Waals surface area contributed by atoms with Gasteiger partial charge in [0.1, 0.15) is 0 Å². The van der Waals surface area contributed by atoms with Crippen LogP contribution in [0.25, 0.3) is 173 Å². The lowest BCUT2D eigenvalue weighted by atomic mass is 10.0. The summed E-state index contributed by atoms with van der Waals surface area (Å²) in [6, 6.07) is 125. The number of nitrogens with one attached hydrogen (secondary N) is 1. The van der Waals surface area contributed by atoms with Crippen LogP contribution < -0.4 is 0 Å². The van der Waals surface area contributed by atoms with Crippen molar-refractivity contribution in [3.05, 3.63) is 381 Å². The molecular weight excluding hydrogens is 1300 g/mol. The Kier molecular flexibility index (Phi) is 16.8. The number of fused-ring (bicyclic) bond motifs is 10. The highest BCUT2D eigenvalue weighted by Gasteiger charge is 2.20. The van der Waals surface area contributed by atoms with Gasteiger partial charge >= 0.3 is 0 Å². The van der Waals surface area contributed by atoms with Crippen LogP contribution in [0, 0.1) is 0 Å². The third kappa shape index (κ3) is 12.5. The van der Waals surface area contributed by atoms with E-state index in [4.69, 9.17) is 41.5 Å². The van der Waals surface area contributed by atoms with Crippen LogP contribution in [0.3, 0.4) is 0 Å². The molecule has 0 amide bonds. The van der Waals surface area contributed by atoms with Gasteiger partial charge in [0.25, 0.3) is 0 Å². The maximum Gasteiger partial charge on any atom is 0.164 e. The molecule has 6 heterocycles. The molecule has 496 valence electrons. The summed E-state index contributed by atoms with van der Waals surface area (Å²) in [4.78, 5) is 32.5. The van der Waals surface area contributed by atoms with Crippen LogP contribution in [0.1, 0.15) is 0 Å². The summed E-state index contributed by atoms with van der Waals surface area (Å²) in [6.45, 7) is 0. The van der Waals surface area contributed by atoms with E-state index in [0.717, 1.165) is 72.0 Å². The Labute approximate surface area is 610 Å². The van der Waals surface area contributed by atoms with Crippen LogP contribution in [-0.2, 0) is 0 Å². The van der Waals surface area contributed by atoms with Crippen LogP contribution in [0.15, 0.2) is 376 Å². The van der Waals surface area contributed by atoms with Gasteiger partial charge in [-0.1, -0.05) is 291 Å². The Morgan fingerprint density at radius 3 is 1.00 bits per heavy atom. The molecular formula is C94H63ClN10. The molecule has 11 heteroatoms. The highest BCUT2D eigenvalue weighted by atomic mass is 35.5. The van der Waals surface area contributed by atoms with Gasteiger partial charge in [-0.05, 0) is 107 Å². The zero-order valence-electron chi connectivity index (χ0n) is 56.7. The predicted molar refractivity (Wildman–Crippen MR) is 432 cm³/mol. The van der Waals surface area contributed by atoms with Crippen LogP contribution in [-0.4, -0.2) is 48.6 Å². The van der Waals surface area contributed by atoms with E-state index in [1.54, 1.807) is 0 Å². The number of nitrogens with zero attached hydrogens (tertiary/aromatic N) is 9. The molecule has 10 nitrogen and oxygen atoms in total. The summed E-state index contributed by atoms with van der Waals surface area (Å²) in [5.74, 6) is 3.92. The van der Waals surface area contributed by atoms with Crippen LogP contribution >= 0.6 is 11.6 Å². The van der Waals surface area contributed by atoms with Crippen molar-refractivity contribution in [1.29, 1.82) is 0 Å². The van der Waals surface area contributed by atoms with Crippen LogP contribution in [0.4, 0.5) is 0 Å². The second-order valence-corrected chi connectivity index (χ2v) is 26.1. The molecule has 0 aliphatic heterocycles. The normalized spacial score (nSPS) is 11.3. The van der Waals surface area contributed by atoms with E-state index in [-0.39, 0.29) is 0 Å². The van der Waals surface area contributed by atoms with Crippen molar-refractivity contribution in [2.75, 3.05) is 0 Å². The van der Waals surface area contributed by atoms with Crippen molar-refractivity contribution in [2.45, 2.75) is 0 Å². The average molecular weight is 1370 g/mol. The average Bonchev–Trinajstić information content (AvgIpc) is 1.57. The van der Waals surface area contributed by atoms with E-state index < -0.39 is 0 Å². The Bertz CT molecular complexity index is 6350. The molecule has 105 heavy (non-hydrogen) atoms. The van der Waals surface area contributed by atoms with Crippen molar-refractivity contribution in [3.63, 3.8) is 0 Å². The first-order valence-electron chi connectivity index (χ1n) is 34.9. The fourth-order valence-electron chi connectivity index (χ4n) is 14.1. The van der Waals surface area contributed by atoms with E-state index in [2.05, 4.69) is 231 Å². The molecule has 0 radical (unpaired) electrons. The Morgan fingerprint density at radius 1 is 0.219 bits per heavy atom. The lowest BCUT2D eigenvalue weighted by Gasteiger charge is -2.11. The minimum atomic E-state index is 0.647. The molecule has 0 aliphatic carbocycles. The molecule has 0 saturated carbocycles. The summed E-state index contributed by atoms with van der Waals surface area (Å²) < 4.78 is 6.91. The SMILES string of the molecule is Clc1ccc(-c2ccc(-c3nc(-c4ccccc4)nc(-c4ccccc4)n3)cc2)cc1.c1ccc(-c2nc(-c3ccccc3)nc(-c3ccc(-c4ccc(-n5c6ccccc6c6ccc7c(ccn7-c7ccccc7)c65)cc4)cc3)n2)cc1.c1ccc(-n2ccc3c4[nH]c5ccccc5c4ccc32)cc1. The topological polar surface area (TPSA) is 108 Å². The number of aromatic amines is 1. The van der Waals surface area contributed by atoms with Crippen molar-refractivity contribution >= 4 is 77.0 Å². The van der Waals surface area contributed by atoms with Gasteiger partial charge in [0.05, 0.1) is 27.6 Å². The molecule has 6 aromatic heterocycles. The van der Waals surface area contributed by atoms with Crippen molar-refractivity contribution in [2.24, 2.45) is 0 Å². The number of benzene rings is 14. The summed E-state index contributed by atoms with van der Waals surface area (Å²) >= 11 is 6.01. The van der Waals surface area contributed by atoms with Gasteiger partial charge in [-0.15, -0.1) is 0 Å². The maximum atomic E-state index is 6.01. The first-order valence-corrected chi connectivity index (χ1v) is 35.3. The number of rotatable bonds is 11. The van der Waals surface area contributed by atoms with Gasteiger partial charge in [-0.2, -0.15) is 0 Å². The molecule has 0 bridgehead atoms. The first-order chi connectivity index (χ1) is 52.0. The highest BCUT2D eigenvalue weighted by molar-refractivity contribution is 6.30. The van der Waals surface area contributed by atoms with E-state index in [0.29, 0.717) is 34.9 Å². The fraction of sp³-hybridized carbons (Fsp3) is 0. The lowest BCUT2D eigenvalue weighted by molar-refractivity contribution is 1.07. The minimum Gasteiger partial charge on any atom is -0.354 e. The van der Waals surface area contributed by atoms with Crippen LogP contribution in [0.2, 0.25) is 5.02 Å². The van der Waals surface area contributed by atoms with Crippen molar-refractivity contribution < 1.29 is 0 Å². The van der Waals surface area contributed by atoms with Crippen molar-refractivity contribution in [3.8, 4) is 108 Å². The summed E-state index contributed by atoms with van der Waals surface area (Å²) in [7, 11) is 0. The molecule has 20 rings (SSSR count). The highest BCUT2D eigenvalue weighted by Crippen LogP contribution is 2.40. The molecule has 0 unspecified atom stereocenters. The molecule has 1 N–H and O–H groups in total. The second kappa shape index (κ2) is 27.9. The van der Waals surface area contributed by atoms with Gasteiger partial charge in [0.15, 0.2) is 34.9 Å². The van der Waals surface area contributed by atoms with Gasteiger partial charge in [-0.25, -0.2) is 29.9 Å². The lowest BCUT2D eigenvalue weighted by Crippen LogP contribution is -2.00. The molecule has 0 fully saturated rings. The van der Waals surface area contributed by atoms with Gasteiger partial charge in [0, 0.05) is 106 Å². The van der Waals surface area contributed by atoms with E-state index in [1.165, 1.54) is 71.1 Å². The van der Waals surface area contributed by atoms with E-state index >= 15 is 0 Å². The number of hydrogen-bond donors (Lipinski definition) is 1. The summed E-state index contributed by atoms with van der Waals surface area (Å²) in [6.07, 6.45) is 4.32. The first kappa shape index (κ1) is 63.3. The van der Waals surface area contributed by atoms with E-state index in [1.807, 2.05) is 164 Å². The number of para-hydroxylation sites is 4. The largest absolute Gasteiger partial charge is 0.354 e. The third-order valence-corrected chi connectivity index (χ3v) is 19.5. The quantitative estimate of drug-likeness (QED) is 0.138. The molecule has 0 atom stereocenters. The molecule has 20 aromatic rings. The predicted octanol–water partition coefficient (Wildman–Crippen LogP) is 24.0. The van der Waals surface area contributed by atoms with E-state index in [9.17, 15) is 0 Å². The monoisotopic (exact) mass is 1370 g/mol. The number of halogens is 1. The number of H-pyrrole nitrogens is 1. The summed E-state index contributed by atoms with van der Waals surface area (Å²) in [5, 5.41) is 8.28. The molecule has 0 spiro atoms. The van der Waals surface area contributed by atoms with Gasteiger partial charge in [-0.3, -0.25) is 0 Å².